The number of carbonyl (C=O) groups excluding carboxylic acids is 1. The first-order chi connectivity index (χ1) is 15.2. The van der Waals surface area contributed by atoms with Crippen LogP contribution in [0.3, 0.4) is 0 Å². The summed E-state index contributed by atoms with van der Waals surface area (Å²) in [6, 6.07) is 15.7. The molecule has 0 fully saturated rings. The van der Waals surface area contributed by atoms with Crippen LogP contribution in [0.5, 0.6) is 0 Å². The molecule has 0 bridgehead atoms. The number of aromatic amines is 1. The fourth-order valence-electron chi connectivity index (χ4n) is 3.65. The molecular weight excluding hydrogens is 476 g/mol. The Hall–Kier alpha value is -2.91. The van der Waals surface area contributed by atoms with E-state index in [9.17, 15) is 4.79 Å². The molecule has 3 aromatic rings. The molecule has 3 heterocycles. The molecule has 0 saturated heterocycles. The Morgan fingerprint density at radius 1 is 1.19 bits per heavy atom. The molecule has 1 amide bonds. The zero-order valence-electron chi connectivity index (χ0n) is 16.7. The van der Waals surface area contributed by atoms with Gasteiger partial charge in [-0.05, 0) is 30.2 Å². The molecule has 31 heavy (non-hydrogen) atoms. The third-order valence-corrected chi connectivity index (χ3v) is 6.58. The van der Waals surface area contributed by atoms with E-state index in [0.29, 0.717) is 10.9 Å². The molecule has 9 heteroatoms. The van der Waals surface area contributed by atoms with Crippen LogP contribution < -0.4 is 15.9 Å². The molecule has 2 aliphatic heterocycles. The van der Waals surface area contributed by atoms with Gasteiger partial charge in [-0.2, -0.15) is 5.10 Å². The van der Waals surface area contributed by atoms with Crippen molar-refractivity contribution >= 4 is 44.5 Å². The number of amidine groups is 1. The number of fused-ring (bicyclic) bond motifs is 2. The maximum atomic E-state index is 13.2. The standard InChI is InChI=1S/C22H19BrN6OS/c1-2-10-31-22-26-21(30)19-15-11-14(23)8-9-17(15)25-20(29(19)28-22)16-12-24-27-18(16)13-6-4-3-5-7-13/h3-9,11-12,20H,2,10H2,1H3,(H,24,27)(H,26,28,30). The Labute approximate surface area is 191 Å². The number of H-pyrrole nitrogens is 1. The summed E-state index contributed by atoms with van der Waals surface area (Å²) in [4.78, 5) is 18.2. The van der Waals surface area contributed by atoms with Gasteiger partial charge in [-0.3, -0.25) is 20.2 Å². The van der Waals surface area contributed by atoms with Gasteiger partial charge in [0.2, 0.25) is 0 Å². The van der Waals surface area contributed by atoms with Gasteiger partial charge in [0.25, 0.3) is 5.91 Å². The molecular formula is C22H19BrN6OS. The van der Waals surface area contributed by atoms with E-state index in [1.807, 2.05) is 48.5 Å². The van der Waals surface area contributed by atoms with Crippen LogP contribution in [-0.2, 0) is 4.79 Å². The average molecular weight is 495 g/mol. The van der Waals surface area contributed by atoms with Gasteiger partial charge in [0.1, 0.15) is 5.70 Å². The lowest BCUT2D eigenvalue weighted by Gasteiger charge is -2.34. The van der Waals surface area contributed by atoms with Crippen molar-refractivity contribution in [3.8, 4) is 11.3 Å². The van der Waals surface area contributed by atoms with E-state index in [-0.39, 0.29) is 5.91 Å². The van der Waals surface area contributed by atoms with Crippen molar-refractivity contribution in [2.75, 3.05) is 5.75 Å². The topological polar surface area (TPSA) is 85.7 Å². The zero-order chi connectivity index (χ0) is 21.4. The molecule has 1 unspecified atom stereocenters. The van der Waals surface area contributed by atoms with Gasteiger partial charge in [0.15, 0.2) is 11.3 Å². The van der Waals surface area contributed by atoms with Gasteiger partial charge in [-0.25, -0.2) is 5.01 Å². The molecule has 7 nitrogen and oxygen atoms in total. The van der Waals surface area contributed by atoms with Gasteiger partial charge in [0, 0.05) is 21.0 Å². The van der Waals surface area contributed by atoms with Crippen LogP contribution in [0, 0.1) is 0 Å². The highest BCUT2D eigenvalue weighted by Crippen LogP contribution is 2.35. The second-order valence-corrected chi connectivity index (χ2v) is 9.13. The first kappa shape index (κ1) is 20.0. The molecule has 2 aromatic carbocycles. The number of benzene rings is 2. The highest BCUT2D eigenvalue weighted by Gasteiger charge is 2.36. The quantitative estimate of drug-likeness (QED) is 0.583. The highest BCUT2D eigenvalue weighted by atomic mass is 79.9. The largest absolute Gasteiger partial charge is 0.298 e. The number of hydrazone groups is 1. The minimum Gasteiger partial charge on any atom is -0.298 e. The number of halogens is 1. The number of nitrogens with one attached hydrogen (secondary N) is 2. The first-order valence-electron chi connectivity index (χ1n) is 9.94. The van der Waals surface area contributed by atoms with Crippen LogP contribution in [0.1, 0.15) is 25.1 Å². The monoisotopic (exact) mass is 494 g/mol. The lowest BCUT2D eigenvalue weighted by Crippen LogP contribution is -2.50. The molecule has 5 rings (SSSR count). The summed E-state index contributed by atoms with van der Waals surface area (Å²) in [5.41, 5.74) is 3.20. The molecule has 0 spiro atoms. The predicted molar refractivity (Wildman–Crippen MR) is 125 cm³/mol. The summed E-state index contributed by atoms with van der Waals surface area (Å²) in [7, 11) is 0. The predicted octanol–water partition coefficient (Wildman–Crippen LogP) is 3.13. The van der Waals surface area contributed by atoms with Gasteiger partial charge in [-0.15, -0.1) is 5.10 Å². The number of rotatable bonds is 4. The lowest BCUT2D eigenvalue weighted by atomic mass is 10.0. The summed E-state index contributed by atoms with van der Waals surface area (Å²) >= 11 is 5.04. The molecule has 1 aromatic heterocycles. The summed E-state index contributed by atoms with van der Waals surface area (Å²) in [6.07, 6.45) is 2.24. The van der Waals surface area contributed by atoms with Crippen LogP contribution in [0.4, 0.5) is 0 Å². The van der Waals surface area contributed by atoms with Crippen LogP contribution >= 0.6 is 27.7 Å². The average Bonchev–Trinajstić information content (AvgIpc) is 3.27. The Morgan fingerprint density at radius 3 is 2.84 bits per heavy atom. The third-order valence-electron chi connectivity index (χ3n) is 5.02. The summed E-state index contributed by atoms with van der Waals surface area (Å²) in [5.74, 6) is 0.685. The maximum absolute atomic E-state index is 13.2. The van der Waals surface area contributed by atoms with Crippen molar-refractivity contribution in [2.45, 2.75) is 19.5 Å². The maximum Gasteiger partial charge on any atom is 0.276 e. The van der Waals surface area contributed by atoms with E-state index in [2.05, 4.69) is 38.4 Å². The van der Waals surface area contributed by atoms with E-state index in [0.717, 1.165) is 44.0 Å². The van der Waals surface area contributed by atoms with Gasteiger partial charge in [-0.1, -0.05) is 64.9 Å². The molecule has 0 saturated carbocycles. The molecule has 2 aliphatic rings. The van der Waals surface area contributed by atoms with Gasteiger partial charge in [0.05, 0.1) is 17.2 Å². The van der Waals surface area contributed by atoms with Crippen LogP contribution in [0.2, 0.25) is 0 Å². The van der Waals surface area contributed by atoms with Crippen LogP contribution in [0.25, 0.3) is 17.0 Å². The summed E-state index contributed by atoms with van der Waals surface area (Å²) in [6.45, 7) is 2.10. The number of carbonyl (C=O) groups is 1. The molecule has 0 radical (unpaired) electrons. The molecule has 156 valence electrons. The number of thioether (sulfide) groups is 1. The summed E-state index contributed by atoms with van der Waals surface area (Å²) in [5, 5.41) is 18.9. The fraction of sp³-hybridized carbons (Fsp3) is 0.182. The van der Waals surface area contributed by atoms with E-state index < -0.39 is 6.17 Å². The lowest BCUT2D eigenvalue weighted by molar-refractivity contribution is -0.116. The number of aromatic nitrogens is 2. The van der Waals surface area contributed by atoms with Crippen molar-refractivity contribution < 1.29 is 4.79 Å². The van der Waals surface area contributed by atoms with Gasteiger partial charge >= 0.3 is 0 Å². The number of hydrogen-bond donors (Lipinski definition) is 2. The molecule has 0 aliphatic carbocycles. The van der Waals surface area contributed by atoms with Crippen LogP contribution in [-0.4, -0.2) is 32.0 Å². The number of amides is 1. The van der Waals surface area contributed by atoms with E-state index in [4.69, 9.17) is 10.1 Å². The Morgan fingerprint density at radius 2 is 2.03 bits per heavy atom. The summed E-state index contributed by atoms with van der Waals surface area (Å²) < 4.78 is 0.878. The van der Waals surface area contributed by atoms with Crippen LogP contribution in [0.15, 0.2) is 69.3 Å². The minimum atomic E-state index is -0.513. The van der Waals surface area contributed by atoms with E-state index in [1.165, 1.54) is 11.8 Å². The highest BCUT2D eigenvalue weighted by molar-refractivity contribution is 9.10. The zero-order valence-corrected chi connectivity index (χ0v) is 19.1. The second kappa shape index (κ2) is 8.32. The second-order valence-electron chi connectivity index (χ2n) is 7.13. The van der Waals surface area contributed by atoms with Crippen molar-refractivity contribution in [1.82, 2.24) is 20.5 Å². The molecule has 2 N–H and O–H groups in total. The first-order valence-corrected chi connectivity index (χ1v) is 11.7. The Bertz CT molecular complexity index is 1300. The van der Waals surface area contributed by atoms with Crippen molar-refractivity contribution in [1.29, 1.82) is 0 Å². The number of hydrogen-bond acceptors (Lipinski definition) is 6. The number of nitrogens with zero attached hydrogens (tertiary/aromatic N) is 4. The molecule has 1 atom stereocenters. The van der Waals surface area contributed by atoms with Crippen molar-refractivity contribution in [3.63, 3.8) is 0 Å². The Kier molecular flexibility index (Phi) is 5.37. The van der Waals surface area contributed by atoms with E-state index >= 15 is 0 Å². The SMILES string of the molecule is CCCSC1=NN2C(=c3cc(Br)ccc3=NC2c2cn[nH]c2-c2ccccc2)C(=O)N1. The van der Waals surface area contributed by atoms with Crippen molar-refractivity contribution in [3.05, 3.63) is 75.3 Å². The fourth-order valence-corrected chi connectivity index (χ4v) is 4.71. The van der Waals surface area contributed by atoms with Gasteiger partial charge < -0.3 is 0 Å². The van der Waals surface area contributed by atoms with Crippen molar-refractivity contribution in [2.24, 2.45) is 10.1 Å². The third kappa shape index (κ3) is 3.68. The normalized spacial score (nSPS) is 17.4. The van der Waals surface area contributed by atoms with E-state index in [1.54, 1.807) is 11.2 Å². The minimum absolute atomic E-state index is 0.183. The Balaban J connectivity index is 1.71. The smallest absolute Gasteiger partial charge is 0.276 e.